The van der Waals surface area contributed by atoms with Gasteiger partial charge in [0.25, 0.3) is 0 Å². The van der Waals surface area contributed by atoms with Crippen molar-refractivity contribution in [1.82, 2.24) is 0 Å². The number of benzene rings is 1. The number of unbranched alkanes of at least 4 members (excludes halogenated alkanes) is 1. The van der Waals surface area contributed by atoms with Gasteiger partial charge in [-0.2, -0.15) is 0 Å². The molecule has 1 unspecified atom stereocenters. The standard InChI is InChI=1S/C13H16Cl2FNO2/c1-3-4-5-11(13(18)19-2)17-8-6-9(14)12(16)10(15)7-8/h6-7,11,17H,3-5H2,1-2H3. The van der Waals surface area contributed by atoms with Gasteiger partial charge < -0.3 is 10.1 Å². The molecule has 0 aliphatic carbocycles. The molecule has 0 aliphatic heterocycles. The van der Waals surface area contributed by atoms with E-state index in [-0.39, 0.29) is 16.0 Å². The highest BCUT2D eigenvalue weighted by molar-refractivity contribution is 6.35. The minimum atomic E-state index is -0.669. The summed E-state index contributed by atoms with van der Waals surface area (Å²) in [6, 6.07) is 2.29. The average molecular weight is 308 g/mol. The molecule has 3 nitrogen and oxygen atoms in total. The normalized spacial score (nSPS) is 12.1. The summed E-state index contributed by atoms with van der Waals surface area (Å²) in [7, 11) is 1.33. The van der Waals surface area contributed by atoms with Crippen LogP contribution in [0.3, 0.4) is 0 Å². The van der Waals surface area contributed by atoms with E-state index < -0.39 is 11.9 Å². The highest BCUT2D eigenvalue weighted by Gasteiger charge is 2.19. The number of methoxy groups -OCH3 is 1. The molecule has 0 saturated carbocycles. The number of rotatable bonds is 6. The van der Waals surface area contributed by atoms with Crippen LogP contribution in [0.1, 0.15) is 26.2 Å². The second-order valence-corrected chi connectivity index (χ2v) is 4.93. The molecule has 1 rings (SSSR count). The highest BCUT2D eigenvalue weighted by atomic mass is 35.5. The number of halogens is 3. The van der Waals surface area contributed by atoms with Crippen LogP contribution in [0.2, 0.25) is 10.0 Å². The number of hydrogen-bond acceptors (Lipinski definition) is 3. The molecule has 0 amide bonds. The Bertz CT molecular complexity index is 431. The molecule has 0 fully saturated rings. The van der Waals surface area contributed by atoms with Crippen LogP contribution in [0.5, 0.6) is 0 Å². The number of carbonyl (C=O) groups excluding carboxylic acids is 1. The van der Waals surface area contributed by atoms with E-state index in [2.05, 4.69) is 5.32 Å². The van der Waals surface area contributed by atoms with Gasteiger partial charge in [-0.05, 0) is 18.6 Å². The predicted octanol–water partition coefficient (Wildman–Crippen LogP) is 4.28. The molecule has 1 aromatic carbocycles. The van der Waals surface area contributed by atoms with Crippen molar-refractivity contribution >= 4 is 34.9 Å². The zero-order chi connectivity index (χ0) is 14.4. The van der Waals surface area contributed by atoms with Crippen LogP contribution in [0.4, 0.5) is 10.1 Å². The lowest BCUT2D eigenvalue weighted by atomic mass is 10.1. The van der Waals surface area contributed by atoms with E-state index in [1.165, 1.54) is 19.2 Å². The van der Waals surface area contributed by atoms with Gasteiger partial charge in [0.15, 0.2) is 5.82 Å². The number of carbonyl (C=O) groups is 1. The van der Waals surface area contributed by atoms with Crippen molar-refractivity contribution in [3.8, 4) is 0 Å². The lowest BCUT2D eigenvalue weighted by molar-refractivity contribution is -0.141. The zero-order valence-electron chi connectivity index (χ0n) is 10.8. The fraction of sp³-hybridized carbons (Fsp3) is 0.462. The number of anilines is 1. The van der Waals surface area contributed by atoms with Crippen LogP contribution in [-0.2, 0) is 9.53 Å². The van der Waals surface area contributed by atoms with Crippen LogP contribution in [0, 0.1) is 5.82 Å². The summed E-state index contributed by atoms with van der Waals surface area (Å²) in [5, 5.41) is 2.79. The van der Waals surface area contributed by atoms with E-state index in [1.54, 1.807) is 0 Å². The lowest BCUT2D eigenvalue weighted by Crippen LogP contribution is -2.30. The third-order valence-corrected chi connectivity index (χ3v) is 3.21. The first-order chi connectivity index (χ1) is 8.99. The fourth-order valence-electron chi connectivity index (χ4n) is 1.64. The molecule has 0 spiro atoms. The van der Waals surface area contributed by atoms with E-state index >= 15 is 0 Å². The van der Waals surface area contributed by atoms with E-state index in [1.807, 2.05) is 6.92 Å². The number of hydrogen-bond donors (Lipinski definition) is 1. The minimum absolute atomic E-state index is 0.0888. The molecule has 6 heteroatoms. The van der Waals surface area contributed by atoms with E-state index in [9.17, 15) is 9.18 Å². The van der Waals surface area contributed by atoms with Gasteiger partial charge in [-0.15, -0.1) is 0 Å². The first kappa shape index (κ1) is 16.1. The quantitative estimate of drug-likeness (QED) is 0.630. The largest absolute Gasteiger partial charge is 0.467 e. The van der Waals surface area contributed by atoms with Gasteiger partial charge in [-0.3, -0.25) is 0 Å². The summed E-state index contributed by atoms with van der Waals surface area (Å²) in [5.41, 5.74) is 0.489. The maximum Gasteiger partial charge on any atom is 0.328 e. The summed E-state index contributed by atoms with van der Waals surface area (Å²) in [4.78, 5) is 11.6. The van der Waals surface area contributed by atoms with Crippen LogP contribution in [0.15, 0.2) is 12.1 Å². The van der Waals surface area contributed by atoms with Gasteiger partial charge in [0.2, 0.25) is 0 Å². The number of nitrogens with one attached hydrogen (secondary N) is 1. The molecular weight excluding hydrogens is 292 g/mol. The third kappa shape index (κ3) is 4.55. The Morgan fingerprint density at radius 1 is 1.42 bits per heavy atom. The van der Waals surface area contributed by atoms with Gasteiger partial charge in [-0.25, -0.2) is 9.18 Å². The molecule has 1 N–H and O–H groups in total. The predicted molar refractivity (Wildman–Crippen MR) is 75.4 cm³/mol. The van der Waals surface area contributed by atoms with Gasteiger partial charge in [-0.1, -0.05) is 43.0 Å². The molecule has 0 radical (unpaired) electrons. The molecule has 0 aromatic heterocycles. The molecule has 0 bridgehead atoms. The molecular formula is C13H16Cl2FNO2. The first-order valence-electron chi connectivity index (χ1n) is 5.98. The summed E-state index contributed by atoms with van der Waals surface area (Å²) >= 11 is 11.4. The average Bonchev–Trinajstić information content (AvgIpc) is 2.39. The summed E-state index contributed by atoms with van der Waals surface area (Å²) in [6.45, 7) is 2.03. The van der Waals surface area contributed by atoms with Crippen LogP contribution in [0.25, 0.3) is 0 Å². The topological polar surface area (TPSA) is 38.3 Å². The Balaban J connectivity index is 2.86. The lowest BCUT2D eigenvalue weighted by Gasteiger charge is -2.18. The van der Waals surface area contributed by atoms with Crippen LogP contribution < -0.4 is 5.32 Å². The Kier molecular flexibility index (Phi) is 6.38. The smallest absolute Gasteiger partial charge is 0.328 e. The molecule has 0 aliphatic rings. The molecule has 106 valence electrons. The van der Waals surface area contributed by atoms with E-state index in [0.29, 0.717) is 12.1 Å². The summed E-state index contributed by atoms with van der Waals surface area (Å²) in [6.07, 6.45) is 2.45. The van der Waals surface area contributed by atoms with Gasteiger partial charge in [0.05, 0.1) is 17.2 Å². The monoisotopic (exact) mass is 307 g/mol. The molecule has 0 saturated heterocycles. The minimum Gasteiger partial charge on any atom is -0.467 e. The SMILES string of the molecule is CCCCC(Nc1cc(Cl)c(F)c(Cl)c1)C(=O)OC. The Morgan fingerprint density at radius 2 is 2.00 bits per heavy atom. The Morgan fingerprint density at radius 3 is 2.47 bits per heavy atom. The molecule has 1 atom stereocenters. The zero-order valence-corrected chi connectivity index (χ0v) is 12.3. The van der Waals surface area contributed by atoms with Crippen LogP contribution in [-0.4, -0.2) is 19.1 Å². The fourth-order valence-corrected chi connectivity index (χ4v) is 2.13. The van der Waals surface area contributed by atoms with Crippen molar-refractivity contribution in [2.45, 2.75) is 32.2 Å². The summed E-state index contributed by atoms with van der Waals surface area (Å²) in [5.74, 6) is -1.04. The van der Waals surface area contributed by atoms with Crippen molar-refractivity contribution in [1.29, 1.82) is 0 Å². The molecule has 0 heterocycles. The summed E-state index contributed by atoms with van der Waals surface area (Å²) < 4.78 is 18.0. The van der Waals surface area contributed by atoms with Crippen molar-refractivity contribution in [2.75, 3.05) is 12.4 Å². The second kappa shape index (κ2) is 7.56. The van der Waals surface area contributed by atoms with Crippen molar-refractivity contribution in [2.24, 2.45) is 0 Å². The van der Waals surface area contributed by atoms with Crippen molar-refractivity contribution in [3.63, 3.8) is 0 Å². The molecule has 1 aromatic rings. The van der Waals surface area contributed by atoms with E-state index in [4.69, 9.17) is 27.9 Å². The van der Waals surface area contributed by atoms with Crippen molar-refractivity contribution in [3.05, 3.63) is 28.0 Å². The highest BCUT2D eigenvalue weighted by Crippen LogP contribution is 2.28. The Hall–Kier alpha value is -1.00. The molecule has 19 heavy (non-hydrogen) atoms. The third-order valence-electron chi connectivity index (χ3n) is 2.66. The van der Waals surface area contributed by atoms with Gasteiger partial charge in [0.1, 0.15) is 6.04 Å². The maximum atomic E-state index is 13.3. The van der Waals surface area contributed by atoms with Crippen molar-refractivity contribution < 1.29 is 13.9 Å². The van der Waals surface area contributed by atoms with Gasteiger partial charge in [0, 0.05) is 5.69 Å². The van der Waals surface area contributed by atoms with Crippen LogP contribution >= 0.6 is 23.2 Å². The Labute approximate surface area is 122 Å². The first-order valence-corrected chi connectivity index (χ1v) is 6.74. The van der Waals surface area contributed by atoms with Gasteiger partial charge >= 0.3 is 5.97 Å². The number of esters is 1. The second-order valence-electron chi connectivity index (χ2n) is 4.12. The van der Waals surface area contributed by atoms with E-state index in [0.717, 1.165) is 12.8 Å². The number of ether oxygens (including phenoxy) is 1. The maximum absolute atomic E-state index is 13.3.